The third kappa shape index (κ3) is 5.54. The van der Waals surface area contributed by atoms with Crippen molar-refractivity contribution in [3.05, 3.63) is 172 Å². The Hall–Kier alpha value is -6.78. The smallest absolute Gasteiger partial charge is 0.198 e. The normalized spacial score (nSPS) is 17.2. The summed E-state index contributed by atoms with van der Waals surface area (Å²) < 4.78 is 9.73. The molecule has 0 bridgehead atoms. The number of rotatable bonds is 3. The quantitative estimate of drug-likeness (QED) is 0.179. The van der Waals surface area contributed by atoms with Crippen molar-refractivity contribution in [3.63, 3.8) is 0 Å². The zero-order valence-corrected chi connectivity index (χ0v) is 42.7. The molecule has 4 heteroatoms. The number of nitrogens with zero attached hydrogens (tertiary/aromatic N) is 1. The van der Waals surface area contributed by atoms with E-state index in [1.807, 2.05) is 0 Å². The van der Waals surface area contributed by atoms with Gasteiger partial charge in [-0.15, -0.1) is 0 Å². The fraction of sp³-hybridized carbons (Fsp3) is 0.273. The molecule has 14 rings (SSSR count). The van der Waals surface area contributed by atoms with E-state index in [1.54, 1.807) is 0 Å². The number of anilines is 2. The molecule has 0 fully saturated rings. The van der Waals surface area contributed by atoms with Crippen LogP contribution in [0.25, 0.3) is 82.8 Å². The highest BCUT2D eigenvalue weighted by atomic mass is 16.3. The Morgan fingerprint density at radius 1 is 0.529 bits per heavy atom. The van der Waals surface area contributed by atoms with Gasteiger partial charge in [-0.25, -0.2) is 0 Å². The van der Waals surface area contributed by atoms with E-state index in [0.29, 0.717) is 0 Å². The van der Waals surface area contributed by atoms with Crippen molar-refractivity contribution in [2.24, 2.45) is 0 Å². The molecular weight excluding hydrogens is 848 g/mol. The van der Waals surface area contributed by atoms with Crippen molar-refractivity contribution in [2.45, 2.75) is 116 Å². The van der Waals surface area contributed by atoms with Gasteiger partial charge in [-0.1, -0.05) is 167 Å². The molecule has 344 valence electrons. The van der Waals surface area contributed by atoms with Crippen molar-refractivity contribution >= 4 is 73.3 Å². The Kier molecular flexibility index (Phi) is 8.15. The number of nitrogens with one attached hydrogen (secondary N) is 1. The van der Waals surface area contributed by atoms with Crippen LogP contribution in [-0.4, -0.2) is 11.8 Å². The first-order valence-electron chi connectivity index (χ1n) is 25.8. The highest BCUT2D eigenvalue weighted by Crippen LogP contribution is 2.55. The van der Waals surface area contributed by atoms with Gasteiger partial charge in [0.2, 0.25) is 0 Å². The second-order valence-corrected chi connectivity index (χ2v) is 24.9. The first-order chi connectivity index (χ1) is 33.3. The molecule has 0 spiro atoms. The summed E-state index contributed by atoms with van der Waals surface area (Å²) in [7, 11) is 0.817. The van der Waals surface area contributed by atoms with Crippen LogP contribution in [-0.2, 0) is 27.1 Å². The van der Waals surface area contributed by atoms with E-state index >= 15 is 0 Å². The van der Waals surface area contributed by atoms with E-state index < -0.39 is 0 Å². The molecule has 1 N–H and O–H groups in total. The van der Waals surface area contributed by atoms with Crippen LogP contribution in [0.15, 0.2) is 138 Å². The highest BCUT2D eigenvalue weighted by molar-refractivity contribution is 6.73. The lowest BCUT2D eigenvalue weighted by atomic mass is 9.58. The topological polar surface area (TPSA) is 30.1 Å². The van der Waals surface area contributed by atoms with Crippen molar-refractivity contribution in [1.29, 1.82) is 0 Å². The molecule has 0 atom stereocenters. The van der Waals surface area contributed by atoms with Crippen LogP contribution in [0.2, 0.25) is 0 Å². The van der Waals surface area contributed by atoms with Gasteiger partial charge in [0, 0.05) is 60.5 Å². The summed E-state index contributed by atoms with van der Waals surface area (Å²) in [5.74, 6) is 0. The van der Waals surface area contributed by atoms with Gasteiger partial charge in [-0.3, -0.25) is 0 Å². The summed E-state index contributed by atoms with van der Waals surface area (Å²) >= 11 is 0. The number of hydrogen-bond acceptors (Lipinski definition) is 2. The lowest BCUT2D eigenvalue weighted by Gasteiger charge is -2.41. The number of furan rings is 1. The maximum atomic E-state index is 7.08. The maximum absolute atomic E-state index is 7.08. The Labute approximate surface area is 413 Å². The SMILES string of the molecule is CC(C)(C)c1ccc(Nc2cc3c(cc2-c2ccc4c5c6c(ccc5n5c4c2Bc2cc4c(cc2-5)-c2ccccc2C4(C)C)C(C)(C)c2ccccc2-6)oc2cc4c(cc23)C(C)(C)CCC4(C)C)cc1. The van der Waals surface area contributed by atoms with Crippen LogP contribution < -0.4 is 16.2 Å². The first kappa shape index (κ1) is 42.1. The minimum Gasteiger partial charge on any atom is -0.456 e. The molecule has 1 aliphatic heterocycles. The number of hydrogen-bond donors (Lipinski definition) is 1. The van der Waals surface area contributed by atoms with E-state index in [0.717, 1.165) is 47.2 Å². The standard InChI is InChI=1S/C66H61BN2O/c1-62(2,3)36-20-22-37(23-21-36)68-53-31-45-44-30-50-51(64(6,7)29-28-63(50,4)5)35-57(44)70-56(45)33-43(53)39-24-25-41-59-54(27-26-48-58(59)40-17-13-15-19-47(40)65(48,8)9)69-55-32-42-38-16-12-14-18-46(38)66(10,11)49(42)34-52(55)67-60(39)61(41)69/h12-27,30-35,67-68H,28-29H2,1-11H3. The summed E-state index contributed by atoms with van der Waals surface area (Å²) in [6.07, 6.45) is 2.33. The molecule has 0 saturated heterocycles. The largest absolute Gasteiger partial charge is 0.456 e. The van der Waals surface area contributed by atoms with Gasteiger partial charge in [0.1, 0.15) is 11.2 Å². The van der Waals surface area contributed by atoms with Gasteiger partial charge in [0.15, 0.2) is 7.28 Å². The fourth-order valence-electron chi connectivity index (χ4n) is 13.9. The molecule has 2 aromatic heterocycles. The van der Waals surface area contributed by atoms with Crippen LogP contribution in [0.5, 0.6) is 0 Å². The summed E-state index contributed by atoms with van der Waals surface area (Å²) in [5.41, 5.74) is 28.3. The van der Waals surface area contributed by atoms with E-state index in [9.17, 15) is 0 Å². The fourth-order valence-corrected chi connectivity index (χ4v) is 13.9. The minimum atomic E-state index is -0.111. The third-order valence-corrected chi connectivity index (χ3v) is 18.0. The maximum Gasteiger partial charge on any atom is 0.198 e. The molecule has 8 aromatic carbocycles. The molecule has 0 saturated carbocycles. The lowest BCUT2D eigenvalue weighted by Crippen LogP contribution is -2.38. The first-order valence-corrected chi connectivity index (χ1v) is 25.8. The molecule has 0 radical (unpaired) electrons. The third-order valence-electron chi connectivity index (χ3n) is 18.0. The van der Waals surface area contributed by atoms with Gasteiger partial charge in [-0.05, 0) is 150 Å². The van der Waals surface area contributed by atoms with Crippen molar-refractivity contribution in [2.75, 3.05) is 5.32 Å². The molecule has 10 aromatic rings. The molecule has 3 heterocycles. The molecule has 0 amide bonds. The Bertz CT molecular complexity index is 3970. The highest BCUT2D eigenvalue weighted by Gasteiger charge is 2.42. The van der Waals surface area contributed by atoms with E-state index in [1.165, 1.54) is 117 Å². The summed E-state index contributed by atoms with van der Waals surface area (Å²) in [6, 6.07) is 51.7. The molecule has 4 aliphatic rings. The van der Waals surface area contributed by atoms with Crippen LogP contribution in [0.1, 0.15) is 128 Å². The van der Waals surface area contributed by atoms with E-state index in [-0.39, 0.29) is 27.1 Å². The van der Waals surface area contributed by atoms with Gasteiger partial charge in [0.25, 0.3) is 0 Å². The molecule has 70 heavy (non-hydrogen) atoms. The average molecular weight is 909 g/mol. The van der Waals surface area contributed by atoms with Crippen LogP contribution >= 0.6 is 0 Å². The number of benzene rings is 8. The molecular formula is C66H61BN2O. The van der Waals surface area contributed by atoms with E-state index in [2.05, 4.69) is 220 Å². The van der Waals surface area contributed by atoms with Crippen LogP contribution in [0.3, 0.4) is 0 Å². The summed E-state index contributed by atoms with van der Waals surface area (Å²) in [5, 5.41) is 9.04. The summed E-state index contributed by atoms with van der Waals surface area (Å²) in [6.45, 7) is 26.1. The Morgan fingerprint density at radius 3 is 1.90 bits per heavy atom. The lowest BCUT2D eigenvalue weighted by molar-refractivity contribution is 0.332. The second kappa shape index (κ2) is 13.5. The Balaban J connectivity index is 1.07. The van der Waals surface area contributed by atoms with Gasteiger partial charge < -0.3 is 14.3 Å². The van der Waals surface area contributed by atoms with Crippen molar-refractivity contribution in [1.82, 2.24) is 4.57 Å². The summed E-state index contributed by atoms with van der Waals surface area (Å²) in [4.78, 5) is 0. The number of fused-ring (bicyclic) bond motifs is 16. The van der Waals surface area contributed by atoms with Gasteiger partial charge in [0.05, 0.1) is 5.52 Å². The molecule has 0 unspecified atom stereocenters. The molecule has 3 aliphatic carbocycles. The predicted molar refractivity (Wildman–Crippen MR) is 299 cm³/mol. The Morgan fingerprint density at radius 2 is 1.17 bits per heavy atom. The monoisotopic (exact) mass is 908 g/mol. The van der Waals surface area contributed by atoms with Gasteiger partial charge in [-0.2, -0.15) is 0 Å². The van der Waals surface area contributed by atoms with Crippen LogP contribution in [0, 0.1) is 0 Å². The van der Waals surface area contributed by atoms with Crippen molar-refractivity contribution < 1.29 is 4.42 Å². The number of aromatic nitrogens is 1. The van der Waals surface area contributed by atoms with Crippen molar-refractivity contribution in [3.8, 4) is 39.1 Å². The zero-order valence-electron chi connectivity index (χ0n) is 42.7. The molecule has 3 nitrogen and oxygen atoms in total. The van der Waals surface area contributed by atoms with E-state index in [4.69, 9.17) is 4.42 Å². The second-order valence-electron chi connectivity index (χ2n) is 24.9. The van der Waals surface area contributed by atoms with Gasteiger partial charge >= 0.3 is 0 Å². The van der Waals surface area contributed by atoms with Crippen LogP contribution in [0.4, 0.5) is 11.4 Å². The average Bonchev–Trinajstić information content (AvgIpc) is 4.00. The zero-order chi connectivity index (χ0) is 48.2. The minimum absolute atomic E-state index is 0.0582. The predicted octanol–water partition coefficient (Wildman–Crippen LogP) is 16.1.